The van der Waals surface area contributed by atoms with E-state index in [9.17, 15) is 4.79 Å². The first-order valence-electron chi connectivity index (χ1n) is 6.51. The second kappa shape index (κ2) is 5.73. The topological polar surface area (TPSA) is 67.0 Å². The molecule has 19 heavy (non-hydrogen) atoms. The van der Waals surface area contributed by atoms with Gasteiger partial charge in [-0.25, -0.2) is 9.78 Å². The van der Waals surface area contributed by atoms with Crippen molar-refractivity contribution >= 4 is 23.0 Å². The number of aromatic nitrogens is 2. The molecule has 102 valence electrons. The van der Waals surface area contributed by atoms with Gasteiger partial charge in [-0.1, -0.05) is 13.8 Å². The lowest BCUT2D eigenvalue weighted by atomic mass is 10.2. The first-order chi connectivity index (χ1) is 9.10. The molecule has 0 bridgehead atoms. The number of hydrogen-bond acceptors (Lipinski definition) is 4. The lowest BCUT2D eigenvalue weighted by Gasteiger charge is -2.04. The Morgan fingerprint density at radius 3 is 2.95 bits per heavy atom. The monoisotopic (exact) mass is 261 g/mol. The highest BCUT2D eigenvalue weighted by molar-refractivity contribution is 5.93. The van der Waals surface area contributed by atoms with Gasteiger partial charge in [-0.05, 0) is 31.0 Å². The van der Waals surface area contributed by atoms with Crippen molar-refractivity contribution in [1.29, 1.82) is 0 Å². The van der Waals surface area contributed by atoms with E-state index in [2.05, 4.69) is 29.1 Å². The van der Waals surface area contributed by atoms with Crippen molar-refractivity contribution in [3.05, 3.63) is 23.8 Å². The van der Waals surface area contributed by atoms with Crippen molar-refractivity contribution in [2.45, 2.75) is 20.8 Å². The molecule has 5 heteroatoms. The van der Waals surface area contributed by atoms with Crippen LogP contribution in [0.1, 0.15) is 31.1 Å². The maximum atomic E-state index is 11.6. The number of hydrogen-bond donors (Lipinski definition) is 2. The summed E-state index contributed by atoms with van der Waals surface area (Å²) in [5.74, 6) is 0.962. The fourth-order valence-corrected chi connectivity index (χ4v) is 1.74. The number of anilines is 1. The predicted octanol–water partition coefficient (Wildman–Crippen LogP) is 2.81. The number of carbonyl (C=O) groups is 1. The van der Waals surface area contributed by atoms with Crippen LogP contribution in [0.3, 0.4) is 0 Å². The quantitative estimate of drug-likeness (QED) is 0.812. The molecule has 0 radical (unpaired) electrons. The van der Waals surface area contributed by atoms with Crippen LogP contribution in [0.25, 0.3) is 11.0 Å². The molecule has 0 atom stereocenters. The fraction of sp³-hybridized carbons (Fsp3) is 0.429. The maximum absolute atomic E-state index is 11.6. The summed E-state index contributed by atoms with van der Waals surface area (Å²) in [4.78, 5) is 19.2. The summed E-state index contributed by atoms with van der Waals surface area (Å²) in [7, 11) is 0. The van der Waals surface area contributed by atoms with Gasteiger partial charge in [-0.2, -0.15) is 0 Å². The van der Waals surface area contributed by atoms with Crippen molar-refractivity contribution in [2.24, 2.45) is 5.92 Å². The molecule has 0 aliphatic heterocycles. The average Bonchev–Trinajstić information content (AvgIpc) is 2.78. The van der Waals surface area contributed by atoms with Gasteiger partial charge in [-0.15, -0.1) is 0 Å². The number of rotatable bonds is 5. The van der Waals surface area contributed by atoms with Gasteiger partial charge in [0.15, 0.2) is 0 Å². The number of H-pyrrole nitrogens is 1. The molecule has 2 aromatic rings. The highest BCUT2D eigenvalue weighted by atomic mass is 16.5. The van der Waals surface area contributed by atoms with E-state index in [-0.39, 0.29) is 5.97 Å². The lowest BCUT2D eigenvalue weighted by Crippen LogP contribution is -2.08. The van der Waals surface area contributed by atoms with Crippen LogP contribution in [-0.4, -0.2) is 29.1 Å². The van der Waals surface area contributed by atoms with Gasteiger partial charge >= 0.3 is 5.97 Å². The number of ether oxygens (including phenoxy) is 1. The van der Waals surface area contributed by atoms with E-state index in [1.807, 2.05) is 6.07 Å². The van der Waals surface area contributed by atoms with Crippen LogP contribution >= 0.6 is 0 Å². The Morgan fingerprint density at radius 1 is 1.47 bits per heavy atom. The number of esters is 1. The standard InChI is InChI=1S/C14H19N3O2/c1-4-19-13(18)10-5-6-11-12(7-10)17-14(16-11)15-8-9(2)3/h5-7,9H,4,8H2,1-3H3,(H2,15,16,17). The SMILES string of the molecule is CCOC(=O)c1ccc2nc(NCC(C)C)[nH]c2c1. The third-order valence-electron chi connectivity index (χ3n) is 2.67. The minimum atomic E-state index is -0.310. The number of nitrogens with zero attached hydrogens (tertiary/aromatic N) is 1. The average molecular weight is 261 g/mol. The Bertz CT molecular complexity index is 575. The molecule has 0 aliphatic carbocycles. The van der Waals surface area contributed by atoms with Gasteiger partial charge in [0.05, 0.1) is 23.2 Å². The molecular formula is C14H19N3O2. The number of nitrogens with one attached hydrogen (secondary N) is 2. The molecule has 0 aliphatic rings. The molecular weight excluding hydrogens is 242 g/mol. The van der Waals surface area contributed by atoms with Crippen LogP contribution in [0.5, 0.6) is 0 Å². The lowest BCUT2D eigenvalue weighted by molar-refractivity contribution is 0.0526. The van der Waals surface area contributed by atoms with Gasteiger partial charge in [0, 0.05) is 6.54 Å². The molecule has 2 rings (SSSR count). The molecule has 1 heterocycles. The Morgan fingerprint density at radius 2 is 2.26 bits per heavy atom. The fourth-order valence-electron chi connectivity index (χ4n) is 1.74. The molecule has 0 fully saturated rings. The number of aromatic amines is 1. The summed E-state index contributed by atoms with van der Waals surface area (Å²) < 4.78 is 4.97. The summed E-state index contributed by atoms with van der Waals surface area (Å²) in [6.07, 6.45) is 0. The molecule has 0 amide bonds. The van der Waals surface area contributed by atoms with E-state index >= 15 is 0 Å². The Kier molecular flexibility index (Phi) is 4.04. The first-order valence-corrected chi connectivity index (χ1v) is 6.51. The first kappa shape index (κ1) is 13.4. The Hall–Kier alpha value is -2.04. The van der Waals surface area contributed by atoms with E-state index in [0.29, 0.717) is 18.1 Å². The number of fused-ring (bicyclic) bond motifs is 1. The minimum Gasteiger partial charge on any atom is -0.462 e. The second-order valence-electron chi connectivity index (χ2n) is 4.81. The number of carbonyl (C=O) groups excluding carboxylic acids is 1. The zero-order chi connectivity index (χ0) is 13.8. The second-order valence-corrected chi connectivity index (χ2v) is 4.81. The van der Waals surface area contributed by atoms with Crippen molar-refractivity contribution < 1.29 is 9.53 Å². The molecule has 1 aromatic carbocycles. The van der Waals surface area contributed by atoms with Crippen molar-refractivity contribution in [2.75, 3.05) is 18.5 Å². The van der Waals surface area contributed by atoms with Crippen LogP contribution in [0.2, 0.25) is 0 Å². The van der Waals surface area contributed by atoms with E-state index in [1.165, 1.54) is 0 Å². The summed E-state index contributed by atoms with van der Waals surface area (Å²) in [6.45, 7) is 7.29. The molecule has 2 N–H and O–H groups in total. The van der Waals surface area contributed by atoms with Crippen LogP contribution in [0.15, 0.2) is 18.2 Å². The predicted molar refractivity (Wildman–Crippen MR) is 75.4 cm³/mol. The summed E-state index contributed by atoms with van der Waals surface area (Å²) >= 11 is 0. The van der Waals surface area contributed by atoms with E-state index in [1.54, 1.807) is 19.1 Å². The molecule has 0 spiro atoms. The highest BCUT2D eigenvalue weighted by Gasteiger charge is 2.09. The van der Waals surface area contributed by atoms with Gasteiger partial charge in [0.1, 0.15) is 0 Å². The van der Waals surface area contributed by atoms with E-state index in [0.717, 1.165) is 23.5 Å². The van der Waals surface area contributed by atoms with E-state index in [4.69, 9.17) is 4.74 Å². The zero-order valence-corrected chi connectivity index (χ0v) is 11.5. The molecule has 5 nitrogen and oxygen atoms in total. The molecule has 1 aromatic heterocycles. The third kappa shape index (κ3) is 3.24. The van der Waals surface area contributed by atoms with Gasteiger partial charge in [-0.3, -0.25) is 0 Å². The summed E-state index contributed by atoms with van der Waals surface area (Å²) in [5.41, 5.74) is 2.20. The number of benzene rings is 1. The molecule has 0 unspecified atom stereocenters. The van der Waals surface area contributed by atoms with Gasteiger partial charge < -0.3 is 15.0 Å². The van der Waals surface area contributed by atoms with Crippen LogP contribution in [-0.2, 0) is 4.74 Å². The molecule has 0 saturated carbocycles. The van der Waals surface area contributed by atoms with E-state index < -0.39 is 0 Å². The molecule has 0 saturated heterocycles. The van der Waals surface area contributed by atoms with Crippen LogP contribution in [0.4, 0.5) is 5.95 Å². The van der Waals surface area contributed by atoms with Crippen molar-refractivity contribution in [3.63, 3.8) is 0 Å². The largest absolute Gasteiger partial charge is 0.462 e. The summed E-state index contributed by atoms with van der Waals surface area (Å²) in [5, 5.41) is 3.22. The smallest absolute Gasteiger partial charge is 0.338 e. The van der Waals surface area contributed by atoms with Crippen LogP contribution in [0, 0.1) is 5.92 Å². The third-order valence-corrected chi connectivity index (χ3v) is 2.67. The Labute approximate surface area is 112 Å². The minimum absolute atomic E-state index is 0.310. The summed E-state index contributed by atoms with van der Waals surface area (Å²) in [6, 6.07) is 5.31. The van der Waals surface area contributed by atoms with Crippen molar-refractivity contribution in [3.8, 4) is 0 Å². The van der Waals surface area contributed by atoms with Gasteiger partial charge in [0.2, 0.25) is 5.95 Å². The maximum Gasteiger partial charge on any atom is 0.338 e. The van der Waals surface area contributed by atoms with Crippen LogP contribution < -0.4 is 5.32 Å². The highest BCUT2D eigenvalue weighted by Crippen LogP contribution is 2.17. The van der Waals surface area contributed by atoms with Crippen molar-refractivity contribution in [1.82, 2.24) is 9.97 Å². The Balaban J connectivity index is 2.20. The van der Waals surface area contributed by atoms with Gasteiger partial charge in [0.25, 0.3) is 0 Å². The number of imidazole rings is 1. The normalized spacial score (nSPS) is 10.9. The zero-order valence-electron chi connectivity index (χ0n) is 11.5.